The summed E-state index contributed by atoms with van der Waals surface area (Å²) in [6, 6.07) is 15.9. The topological polar surface area (TPSA) is 82.8 Å². The molecule has 3 aromatic rings. The fraction of sp³-hybridized carbons (Fsp3) is 0.304. The molecule has 2 amide bonds. The normalized spacial score (nSPS) is 16.8. The quantitative estimate of drug-likeness (QED) is 0.590. The summed E-state index contributed by atoms with van der Waals surface area (Å²) >= 11 is 0. The van der Waals surface area contributed by atoms with Gasteiger partial charge in [0, 0.05) is 32.7 Å². The summed E-state index contributed by atoms with van der Waals surface area (Å²) < 4.78 is 4.71. The van der Waals surface area contributed by atoms with E-state index in [9.17, 15) is 9.59 Å². The van der Waals surface area contributed by atoms with Crippen LogP contribution >= 0.6 is 0 Å². The van der Waals surface area contributed by atoms with Crippen LogP contribution in [0.25, 0.3) is 0 Å². The highest BCUT2D eigenvalue weighted by molar-refractivity contribution is 6.23. The second-order valence-electron chi connectivity index (χ2n) is 7.94. The van der Waals surface area contributed by atoms with Gasteiger partial charge in [-0.25, -0.2) is 4.63 Å². The molecule has 2 aliphatic rings. The molecule has 2 aliphatic heterocycles. The predicted molar refractivity (Wildman–Crippen MR) is 114 cm³/mol. The molecular weight excluding hydrogens is 394 g/mol. The van der Waals surface area contributed by atoms with Crippen molar-refractivity contribution in [3.05, 3.63) is 76.6 Å². The number of aryl methyl sites for hydroxylation is 1. The molecule has 158 valence electrons. The number of fused-ring (bicyclic) bond motifs is 1. The monoisotopic (exact) mass is 417 g/mol. The summed E-state index contributed by atoms with van der Waals surface area (Å²) in [6.45, 7) is 6.12. The molecule has 31 heavy (non-hydrogen) atoms. The Hall–Kier alpha value is -3.52. The van der Waals surface area contributed by atoms with Crippen molar-refractivity contribution in [2.75, 3.05) is 31.1 Å². The highest BCUT2D eigenvalue weighted by atomic mass is 16.6. The van der Waals surface area contributed by atoms with Crippen LogP contribution in [0.2, 0.25) is 0 Å². The van der Waals surface area contributed by atoms with Crippen LogP contribution < -0.4 is 4.90 Å². The molecule has 5 rings (SSSR count). The molecule has 0 N–H and O–H groups in total. The second kappa shape index (κ2) is 7.96. The van der Waals surface area contributed by atoms with Crippen molar-refractivity contribution in [1.82, 2.24) is 20.1 Å². The third kappa shape index (κ3) is 3.59. The predicted octanol–water partition coefficient (Wildman–Crippen LogP) is 2.50. The fourth-order valence-electron chi connectivity index (χ4n) is 4.25. The molecule has 0 unspecified atom stereocenters. The van der Waals surface area contributed by atoms with E-state index in [1.54, 1.807) is 13.0 Å². The summed E-state index contributed by atoms with van der Waals surface area (Å²) in [6.07, 6.45) is 0. The van der Waals surface area contributed by atoms with Crippen molar-refractivity contribution in [2.45, 2.75) is 20.0 Å². The Labute approximate surface area is 180 Å². The molecule has 1 saturated heterocycles. The number of anilines is 1. The number of piperazine rings is 1. The molecule has 0 spiro atoms. The molecule has 0 radical (unpaired) electrons. The van der Waals surface area contributed by atoms with Gasteiger partial charge in [0.15, 0.2) is 0 Å². The molecule has 0 bridgehead atoms. The van der Waals surface area contributed by atoms with Gasteiger partial charge in [-0.05, 0) is 24.6 Å². The Morgan fingerprint density at radius 1 is 0.871 bits per heavy atom. The minimum absolute atomic E-state index is 0.0615. The third-order valence-corrected chi connectivity index (χ3v) is 5.99. The minimum Gasteiger partial charge on any atom is -0.368 e. The molecule has 0 saturated carbocycles. The molecular formula is C23H23N5O3. The largest absolute Gasteiger partial charge is 0.368 e. The van der Waals surface area contributed by atoms with Crippen molar-refractivity contribution in [3.8, 4) is 0 Å². The van der Waals surface area contributed by atoms with Gasteiger partial charge in [-0.15, -0.1) is 0 Å². The fourth-order valence-corrected chi connectivity index (χ4v) is 4.25. The lowest BCUT2D eigenvalue weighted by atomic mass is 10.1. The van der Waals surface area contributed by atoms with Crippen molar-refractivity contribution in [1.29, 1.82) is 0 Å². The summed E-state index contributed by atoms with van der Waals surface area (Å²) in [7, 11) is 0. The van der Waals surface area contributed by atoms with E-state index in [2.05, 4.69) is 44.4 Å². The van der Waals surface area contributed by atoms with Gasteiger partial charge in [0.25, 0.3) is 11.8 Å². The second-order valence-corrected chi connectivity index (χ2v) is 7.94. The number of aromatic nitrogens is 2. The molecule has 1 aromatic heterocycles. The van der Waals surface area contributed by atoms with E-state index < -0.39 is 0 Å². The first-order valence-electron chi connectivity index (χ1n) is 10.4. The van der Waals surface area contributed by atoms with Crippen LogP contribution in [0.15, 0.2) is 53.2 Å². The van der Waals surface area contributed by atoms with Gasteiger partial charge in [-0.1, -0.05) is 46.7 Å². The smallest absolute Gasteiger partial charge is 0.264 e. The van der Waals surface area contributed by atoms with Gasteiger partial charge in [0.2, 0.25) is 0 Å². The number of carbonyl (C=O) groups is 2. The SMILES string of the molecule is Cc1nonc1CN1C(=O)c2cccc(N3CCN(Cc4ccccc4)CC3)c2C1=O. The van der Waals surface area contributed by atoms with Gasteiger partial charge in [0.05, 0.1) is 23.4 Å². The number of carbonyl (C=O) groups excluding carboxylic acids is 2. The molecule has 0 atom stereocenters. The first-order chi connectivity index (χ1) is 15.1. The van der Waals surface area contributed by atoms with Crippen LogP contribution in [0.3, 0.4) is 0 Å². The molecule has 1 fully saturated rings. The number of nitrogens with zero attached hydrogens (tertiary/aromatic N) is 5. The lowest BCUT2D eigenvalue weighted by Crippen LogP contribution is -2.46. The van der Waals surface area contributed by atoms with Crippen molar-refractivity contribution >= 4 is 17.5 Å². The maximum Gasteiger partial charge on any atom is 0.264 e. The van der Waals surface area contributed by atoms with Crippen LogP contribution in [0, 0.1) is 6.92 Å². The van der Waals surface area contributed by atoms with Crippen LogP contribution in [-0.2, 0) is 13.1 Å². The highest BCUT2D eigenvalue weighted by Crippen LogP contribution is 2.33. The van der Waals surface area contributed by atoms with E-state index in [1.165, 1.54) is 10.5 Å². The van der Waals surface area contributed by atoms with E-state index >= 15 is 0 Å². The Morgan fingerprint density at radius 2 is 1.65 bits per heavy atom. The van der Waals surface area contributed by atoms with Crippen LogP contribution in [0.5, 0.6) is 0 Å². The molecule has 2 aromatic carbocycles. The van der Waals surface area contributed by atoms with Gasteiger partial charge in [0.1, 0.15) is 11.4 Å². The maximum absolute atomic E-state index is 13.2. The number of rotatable bonds is 5. The Morgan fingerprint density at radius 3 is 2.35 bits per heavy atom. The lowest BCUT2D eigenvalue weighted by Gasteiger charge is -2.36. The average molecular weight is 417 g/mol. The van der Waals surface area contributed by atoms with Crippen LogP contribution in [-0.4, -0.2) is 58.1 Å². The zero-order chi connectivity index (χ0) is 21.4. The number of hydrogen-bond donors (Lipinski definition) is 0. The van der Waals surface area contributed by atoms with E-state index in [0.717, 1.165) is 38.4 Å². The first-order valence-corrected chi connectivity index (χ1v) is 10.4. The summed E-state index contributed by atoms with van der Waals surface area (Å²) in [5.74, 6) is -0.586. The van der Waals surface area contributed by atoms with Crippen molar-refractivity contribution in [3.63, 3.8) is 0 Å². The molecule has 8 nitrogen and oxygen atoms in total. The van der Waals surface area contributed by atoms with Crippen LogP contribution in [0.4, 0.5) is 5.69 Å². The van der Waals surface area contributed by atoms with Gasteiger partial charge in [-0.3, -0.25) is 19.4 Å². The van der Waals surface area contributed by atoms with Gasteiger partial charge in [-0.2, -0.15) is 0 Å². The van der Waals surface area contributed by atoms with E-state index in [4.69, 9.17) is 4.63 Å². The molecule has 3 heterocycles. The minimum atomic E-state index is -0.299. The zero-order valence-corrected chi connectivity index (χ0v) is 17.3. The average Bonchev–Trinajstić information content (AvgIpc) is 3.31. The Balaban J connectivity index is 1.32. The van der Waals surface area contributed by atoms with Gasteiger partial charge < -0.3 is 4.90 Å². The number of imide groups is 1. The number of benzene rings is 2. The first kappa shape index (κ1) is 19.4. The third-order valence-electron chi connectivity index (χ3n) is 5.99. The van der Waals surface area contributed by atoms with Crippen LogP contribution in [0.1, 0.15) is 37.7 Å². The molecule has 8 heteroatoms. The Bertz CT molecular complexity index is 1120. The lowest BCUT2D eigenvalue weighted by molar-refractivity contribution is 0.0639. The Kier molecular flexibility index (Phi) is 4.99. The zero-order valence-electron chi connectivity index (χ0n) is 17.3. The number of amides is 2. The molecule has 0 aliphatic carbocycles. The summed E-state index contributed by atoms with van der Waals surface area (Å²) in [4.78, 5) is 32.0. The van der Waals surface area contributed by atoms with Crippen molar-refractivity contribution in [2.24, 2.45) is 0 Å². The van der Waals surface area contributed by atoms with Crippen molar-refractivity contribution < 1.29 is 14.2 Å². The van der Waals surface area contributed by atoms with E-state index in [1.807, 2.05) is 18.2 Å². The standard InChI is InChI=1S/C23H23N5O3/c1-16-19(25-31-24-16)15-28-22(29)18-8-5-9-20(21(18)23(28)30)27-12-10-26(11-13-27)14-17-6-3-2-4-7-17/h2-9H,10-15H2,1H3. The summed E-state index contributed by atoms with van der Waals surface area (Å²) in [5.41, 5.74) is 4.12. The van der Waals surface area contributed by atoms with E-state index in [0.29, 0.717) is 22.5 Å². The number of hydrogen-bond acceptors (Lipinski definition) is 7. The summed E-state index contributed by atoms with van der Waals surface area (Å²) in [5, 5.41) is 7.56. The van der Waals surface area contributed by atoms with E-state index in [-0.39, 0.29) is 18.4 Å². The maximum atomic E-state index is 13.2. The van der Waals surface area contributed by atoms with Gasteiger partial charge >= 0.3 is 0 Å². The highest BCUT2D eigenvalue weighted by Gasteiger charge is 2.39.